The van der Waals surface area contributed by atoms with Gasteiger partial charge in [0.25, 0.3) is 0 Å². The van der Waals surface area contributed by atoms with Crippen LogP contribution in [0.15, 0.2) is 47.5 Å². The van der Waals surface area contributed by atoms with Gasteiger partial charge in [0.1, 0.15) is 0 Å². The van der Waals surface area contributed by atoms with Crippen molar-refractivity contribution < 1.29 is 0 Å². The number of thioether (sulfide) groups is 1. The molecule has 82 valence electrons. The molecular formula is C14H15NS. The van der Waals surface area contributed by atoms with Crippen molar-refractivity contribution in [2.45, 2.75) is 24.5 Å². The number of rotatable bonds is 3. The minimum Gasteiger partial charge on any atom is -0.261 e. The number of nitrogens with zero attached hydrogens (tertiary/aromatic N) is 1. The van der Waals surface area contributed by atoms with Gasteiger partial charge in [-0.2, -0.15) is 0 Å². The van der Waals surface area contributed by atoms with Crippen molar-refractivity contribution in [3.8, 4) is 0 Å². The summed E-state index contributed by atoms with van der Waals surface area (Å²) in [6.07, 6.45) is 1.88. The first-order valence-corrected chi connectivity index (χ1v) is 6.35. The Kier molecular flexibility index (Phi) is 3.62. The molecule has 0 saturated heterocycles. The first-order valence-electron chi connectivity index (χ1n) is 5.36. The molecule has 0 saturated carbocycles. The molecule has 1 heterocycles. The summed E-state index contributed by atoms with van der Waals surface area (Å²) in [7, 11) is 0. The monoisotopic (exact) mass is 229 g/mol. The molecule has 0 fully saturated rings. The molecular weight excluding hydrogens is 214 g/mol. The summed E-state index contributed by atoms with van der Waals surface area (Å²) in [5.74, 6) is 1.02. The van der Waals surface area contributed by atoms with E-state index < -0.39 is 0 Å². The predicted molar refractivity (Wildman–Crippen MR) is 69.7 cm³/mol. The number of aromatic nitrogens is 1. The third-order valence-electron chi connectivity index (χ3n) is 2.64. The Hall–Kier alpha value is -1.28. The molecule has 2 heteroatoms. The number of aryl methyl sites for hydroxylation is 1. The lowest BCUT2D eigenvalue weighted by Crippen LogP contribution is -1.89. The van der Waals surface area contributed by atoms with E-state index in [1.165, 1.54) is 16.0 Å². The minimum absolute atomic E-state index is 1.02. The van der Waals surface area contributed by atoms with Crippen LogP contribution in [0.4, 0.5) is 0 Å². The zero-order chi connectivity index (χ0) is 11.4. The maximum atomic E-state index is 4.28. The second-order valence-corrected chi connectivity index (χ2v) is 4.81. The van der Waals surface area contributed by atoms with Crippen LogP contribution in [0.1, 0.15) is 16.8 Å². The molecule has 0 aliphatic heterocycles. The van der Waals surface area contributed by atoms with Crippen LogP contribution < -0.4 is 0 Å². The van der Waals surface area contributed by atoms with Crippen molar-refractivity contribution in [1.29, 1.82) is 0 Å². The zero-order valence-electron chi connectivity index (χ0n) is 9.60. The molecule has 1 aromatic heterocycles. The summed E-state index contributed by atoms with van der Waals surface area (Å²) in [4.78, 5) is 5.61. The SMILES string of the molecule is Cc1nccc(SCc2ccccc2)c1C. The fraction of sp³-hybridized carbons (Fsp3) is 0.214. The Labute approximate surface area is 101 Å². The Morgan fingerprint density at radius 1 is 1.06 bits per heavy atom. The van der Waals surface area contributed by atoms with Gasteiger partial charge in [0, 0.05) is 22.5 Å². The molecule has 0 aliphatic rings. The largest absolute Gasteiger partial charge is 0.261 e. The molecule has 0 atom stereocenters. The normalized spacial score (nSPS) is 10.4. The standard InChI is InChI=1S/C14H15NS/c1-11-12(2)15-9-8-14(11)16-10-13-6-4-3-5-7-13/h3-9H,10H2,1-2H3. The van der Waals surface area contributed by atoms with Crippen molar-refractivity contribution in [3.63, 3.8) is 0 Å². The summed E-state index contributed by atoms with van der Waals surface area (Å²) in [5, 5.41) is 0. The van der Waals surface area contributed by atoms with E-state index in [-0.39, 0.29) is 0 Å². The third kappa shape index (κ3) is 2.64. The molecule has 0 N–H and O–H groups in total. The quantitative estimate of drug-likeness (QED) is 0.738. The second-order valence-electron chi connectivity index (χ2n) is 3.79. The third-order valence-corrected chi connectivity index (χ3v) is 3.87. The molecule has 1 nitrogen and oxygen atoms in total. The number of pyridine rings is 1. The zero-order valence-corrected chi connectivity index (χ0v) is 10.4. The van der Waals surface area contributed by atoms with Crippen molar-refractivity contribution >= 4 is 11.8 Å². The van der Waals surface area contributed by atoms with Crippen molar-refractivity contribution in [2.75, 3.05) is 0 Å². The van der Waals surface area contributed by atoms with E-state index in [0.29, 0.717) is 0 Å². The molecule has 0 spiro atoms. The van der Waals surface area contributed by atoms with Crippen molar-refractivity contribution in [1.82, 2.24) is 4.98 Å². The van der Waals surface area contributed by atoms with Crippen LogP contribution in [-0.2, 0) is 5.75 Å². The van der Waals surface area contributed by atoms with Crippen LogP contribution in [0.5, 0.6) is 0 Å². The highest BCUT2D eigenvalue weighted by Gasteiger charge is 2.02. The summed E-state index contributed by atoms with van der Waals surface area (Å²) < 4.78 is 0. The van der Waals surface area contributed by atoms with Gasteiger partial charge in [-0.05, 0) is 31.0 Å². The number of hydrogen-bond donors (Lipinski definition) is 0. The molecule has 0 aliphatic carbocycles. The first-order chi connectivity index (χ1) is 7.77. The topological polar surface area (TPSA) is 12.9 Å². The summed E-state index contributed by atoms with van der Waals surface area (Å²) in [6, 6.07) is 12.6. The lowest BCUT2D eigenvalue weighted by Gasteiger charge is -2.07. The van der Waals surface area contributed by atoms with Crippen LogP contribution in [0.3, 0.4) is 0 Å². The van der Waals surface area contributed by atoms with Gasteiger partial charge in [0.15, 0.2) is 0 Å². The maximum Gasteiger partial charge on any atom is 0.0412 e. The fourth-order valence-corrected chi connectivity index (χ4v) is 2.54. The van der Waals surface area contributed by atoms with Gasteiger partial charge in [0.05, 0.1) is 0 Å². The molecule has 0 radical (unpaired) electrons. The van der Waals surface area contributed by atoms with E-state index in [1.807, 2.05) is 18.0 Å². The smallest absolute Gasteiger partial charge is 0.0412 e. The Morgan fingerprint density at radius 3 is 2.56 bits per heavy atom. The van der Waals surface area contributed by atoms with Gasteiger partial charge >= 0.3 is 0 Å². The first kappa shape index (κ1) is 11.2. The van der Waals surface area contributed by atoms with Crippen LogP contribution in [-0.4, -0.2) is 4.98 Å². The van der Waals surface area contributed by atoms with Gasteiger partial charge in [-0.15, -0.1) is 11.8 Å². The van der Waals surface area contributed by atoms with E-state index in [1.54, 1.807) is 0 Å². The van der Waals surface area contributed by atoms with Gasteiger partial charge < -0.3 is 0 Å². The van der Waals surface area contributed by atoms with E-state index in [9.17, 15) is 0 Å². The van der Waals surface area contributed by atoms with E-state index in [4.69, 9.17) is 0 Å². The number of benzene rings is 1. The summed E-state index contributed by atoms with van der Waals surface area (Å²) in [5.41, 5.74) is 3.78. The minimum atomic E-state index is 1.02. The second kappa shape index (κ2) is 5.17. The van der Waals surface area contributed by atoms with Crippen molar-refractivity contribution in [3.05, 3.63) is 59.4 Å². The Morgan fingerprint density at radius 2 is 1.81 bits per heavy atom. The van der Waals surface area contributed by atoms with E-state index in [0.717, 1.165) is 11.4 Å². The average Bonchev–Trinajstić information content (AvgIpc) is 2.32. The Bertz CT molecular complexity index is 465. The van der Waals surface area contributed by atoms with Gasteiger partial charge in [0.2, 0.25) is 0 Å². The highest BCUT2D eigenvalue weighted by Crippen LogP contribution is 2.26. The lowest BCUT2D eigenvalue weighted by molar-refractivity contribution is 1.09. The highest BCUT2D eigenvalue weighted by molar-refractivity contribution is 7.98. The van der Waals surface area contributed by atoms with Gasteiger partial charge in [-0.3, -0.25) is 4.98 Å². The molecule has 2 aromatic rings. The predicted octanol–water partition coefficient (Wildman–Crippen LogP) is 3.99. The van der Waals surface area contributed by atoms with E-state index in [2.05, 4.69) is 55.2 Å². The molecule has 1 aromatic carbocycles. The molecule has 16 heavy (non-hydrogen) atoms. The Balaban J connectivity index is 2.08. The van der Waals surface area contributed by atoms with Crippen LogP contribution in [0.25, 0.3) is 0 Å². The molecule has 2 rings (SSSR count). The molecule has 0 bridgehead atoms. The van der Waals surface area contributed by atoms with Crippen LogP contribution in [0.2, 0.25) is 0 Å². The highest BCUT2D eigenvalue weighted by atomic mass is 32.2. The van der Waals surface area contributed by atoms with Gasteiger partial charge in [-0.1, -0.05) is 30.3 Å². The van der Waals surface area contributed by atoms with Crippen molar-refractivity contribution in [2.24, 2.45) is 0 Å². The fourth-order valence-electron chi connectivity index (χ4n) is 1.51. The van der Waals surface area contributed by atoms with Crippen LogP contribution in [0, 0.1) is 13.8 Å². The van der Waals surface area contributed by atoms with Gasteiger partial charge in [-0.25, -0.2) is 0 Å². The lowest BCUT2D eigenvalue weighted by atomic mass is 10.2. The average molecular weight is 229 g/mol. The molecule has 0 unspecified atom stereocenters. The maximum absolute atomic E-state index is 4.28. The van der Waals surface area contributed by atoms with E-state index >= 15 is 0 Å². The summed E-state index contributed by atoms with van der Waals surface area (Å²) >= 11 is 1.87. The number of hydrogen-bond acceptors (Lipinski definition) is 2. The molecule has 0 amide bonds. The van der Waals surface area contributed by atoms with Crippen LogP contribution >= 0.6 is 11.8 Å². The summed E-state index contributed by atoms with van der Waals surface area (Å²) in [6.45, 7) is 4.19.